The molecular formula is C17H22ClN3O3. The first-order valence-electron chi connectivity index (χ1n) is 8.43. The lowest BCUT2D eigenvalue weighted by atomic mass is 9.98. The summed E-state index contributed by atoms with van der Waals surface area (Å²) in [6.07, 6.45) is 4.71. The first-order valence-corrected chi connectivity index (χ1v) is 8.81. The summed E-state index contributed by atoms with van der Waals surface area (Å²) in [6, 6.07) is 1.84. The normalized spacial score (nSPS) is 18.1. The Bertz CT molecular complexity index is 664. The minimum absolute atomic E-state index is 0.0292. The molecule has 0 aromatic carbocycles. The summed E-state index contributed by atoms with van der Waals surface area (Å²) in [6.45, 7) is 2.42. The van der Waals surface area contributed by atoms with E-state index in [0.29, 0.717) is 35.2 Å². The van der Waals surface area contributed by atoms with Gasteiger partial charge in [0.25, 0.3) is 0 Å². The van der Waals surface area contributed by atoms with E-state index in [1.807, 2.05) is 13.0 Å². The van der Waals surface area contributed by atoms with Crippen molar-refractivity contribution in [3.8, 4) is 0 Å². The fourth-order valence-electron chi connectivity index (χ4n) is 2.62. The van der Waals surface area contributed by atoms with Crippen LogP contribution in [0.2, 0.25) is 0 Å². The lowest BCUT2D eigenvalue weighted by molar-refractivity contribution is -0.121. The van der Waals surface area contributed by atoms with Gasteiger partial charge in [-0.1, -0.05) is 16.8 Å². The molecule has 1 aromatic heterocycles. The standard InChI is InChI=1S/C17H22ClN3O3/c1-10(6-7-19-17(23)13-4-5-14(13)18)20-16(22)9-12-8-15(24-21-12)11-2-3-11/h8,10-11H,2-7,9H2,1H3,(H,19,23)(H,20,22)/t10-/m0/s1. The fraction of sp³-hybridized carbons (Fsp3) is 0.588. The second kappa shape index (κ2) is 7.38. The third kappa shape index (κ3) is 4.38. The van der Waals surface area contributed by atoms with Gasteiger partial charge in [-0.25, -0.2) is 0 Å². The van der Waals surface area contributed by atoms with Gasteiger partial charge in [-0.3, -0.25) is 9.59 Å². The summed E-state index contributed by atoms with van der Waals surface area (Å²) in [5, 5.41) is 10.3. The Balaban J connectivity index is 1.34. The Morgan fingerprint density at radius 1 is 1.42 bits per heavy atom. The van der Waals surface area contributed by atoms with Crippen molar-refractivity contribution in [2.24, 2.45) is 0 Å². The SMILES string of the molecule is C[C@@H](CCNC(=O)C1=C(Cl)CC1)NC(=O)Cc1cc(C2CC2)on1. The van der Waals surface area contributed by atoms with E-state index in [9.17, 15) is 9.59 Å². The van der Waals surface area contributed by atoms with E-state index in [-0.39, 0.29) is 24.3 Å². The average molecular weight is 352 g/mol. The van der Waals surface area contributed by atoms with Crippen molar-refractivity contribution >= 4 is 23.4 Å². The predicted molar refractivity (Wildman–Crippen MR) is 89.5 cm³/mol. The highest BCUT2D eigenvalue weighted by Gasteiger charge is 2.28. The van der Waals surface area contributed by atoms with Gasteiger partial charge in [0.1, 0.15) is 5.76 Å². The lowest BCUT2D eigenvalue weighted by Gasteiger charge is -2.19. The van der Waals surface area contributed by atoms with Crippen LogP contribution in [-0.4, -0.2) is 29.6 Å². The van der Waals surface area contributed by atoms with Gasteiger partial charge in [0, 0.05) is 35.2 Å². The summed E-state index contributed by atoms with van der Waals surface area (Å²) in [7, 11) is 0. The predicted octanol–water partition coefficient (Wildman–Crippen LogP) is 2.39. The summed E-state index contributed by atoms with van der Waals surface area (Å²) < 4.78 is 5.24. The van der Waals surface area contributed by atoms with Crippen molar-refractivity contribution in [3.05, 3.63) is 28.1 Å². The monoisotopic (exact) mass is 351 g/mol. The van der Waals surface area contributed by atoms with Crippen LogP contribution >= 0.6 is 11.6 Å². The number of allylic oxidation sites excluding steroid dienone is 1. The van der Waals surface area contributed by atoms with E-state index in [4.69, 9.17) is 16.1 Å². The van der Waals surface area contributed by atoms with E-state index in [2.05, 4.69) is 15.8 Å². The van der Waals surface area contributed by atoms with Crippen LogP contribution in [0.25, 0.3) is 0 Å². The zero-order valence-electron chi connectivity index (χ0n) is 13.7. The Kier molecular flexibility index (Phi) is 5.23. The van der Waals surface area contributed by atoms with Crippen molar-refractivity contribution in [2.45, 2.75) is 57.4 Å². The number of carbonyl (C=O) groups is 2. The Hall–Kier alpha value is -1.82. The number of aromatic nitrogens is 1. The fourth-order valence-corrected chi connectivity index (χ4v) is 2.90. The van der Waals surface area contributed by atoms with Gasteiger partial charge in [0.15, 0.2) is 0 Å². The molecule has 3 rings (SSSR count). The van der Waals surface area contributed by atoms with Gasteiger partial charge in [0.05, 0.1) is 12.1 Å². The quantitative estimate of drug-likeness (QED) is 0.753. The van der Waals surface area contributed by atoms with Gasteiger partial charge in [0.2, 0.25) is 11.8 Å². The molecule has 0 aliphatic heterocycles. The Morgan fingerprint density at radius 2 is 2.21 bits per heavy atom. The van der Waals surface area contributed by atoms with E-state index in [1.165, 1.54) is 0 Å². The summed E-state index contributed by atoms with van der Waals surface area (Å²) in [4.78, 5) is 23.8. The number of hydrogen-bond donors (Lipinski definition) is 2. The van der Waals surface area contributed by atoms with Gasteiger partial charge in [-0.2, -0.15) is 0 Å². The van der Waals surface area contributed by atoms with Crippen LogP contribution in [0.15, 0.2) is 21.2 Å². The van der Waals surface area contributed by atoms with Crippen molar-refractivity contribution < 1.29 is 14.1 Å². The molecule has 0 saturated heterocycles. The van der Waals surface area contributed by atoms with E-state index >= 15 is 0 Å². The molecule has 24 heavy (non-hydrogen) atoms. The first kappa shape index (κ1) is 17.0. The topological polar surface area (TPSA) is 84.2 Å². The molecule has 1 saturated carbocycles. The van der Waals surface area contributed by atoms with Crippen LogP contribution < -0.4 is 10.6 Å². The molecule has 130 valence electrons. The smallest absolute Gasteiger partial charge is 0.248 e. The molecule has 1 fully saturated rings. The van der Waals surface area contributed by atoms with E-state index in [0.717, 1.165) is 31.4 Å². The van der Waals surface area contributed by atoms with Crippen molar-refractivity contribution in [2.75, 3.05) is 6.54 Å². The number of amides is 2. The number of halogens is 1. The minimum atomic E-state index is -0.0972. The maximum absolute atomic E-state index is 12.0. The number of nitrogens with zero attached hydrogens (tertiary/aromatic N) is 1. The molecule has 0 radical (unpaired) electrons. The molecule has 2 N–H and O–H groups in total. The van der Waals surface area contributed by atoms with Gasteiger partial charge >= 0.3 is 0 Å². The molecule has 1 atom stereocenters. The van der Waals surface area contributed by atoms with Crippen molar-refractivity contribution in [1.82, 2.24) is 15.8 Å². The van der Waals surface area contributed by atoms with E-state index in [1.54, 1.807) is 0 Å². The molecule has 0 unspecified atom stereocenters. The largest absolute Gasteiger partial charge is 0.361 e. The molecule has 2 aliphatic rings. The summed E-state index contributed by atoms with van der Waals surface area (Å²) >= 11 is 5.87. The maximum atomic E-state index is 12.0. The van der Waals surface area contributed by atoms with Crippen LogP contribution in [0.1, 0.15) is 56.4 Å². The number of rotatable bonds is 8. The maximum Gasteiger partial charge on any atom is 0.248 e. The average Bonchev–Trinajstić information content (AvgIpc) is 3.26. The highest BCUT2D eigenvalue weighted by atomic mass is 35.5. The number of nitrogens with one attached hydrogen (secondary N) is 2. The van der Waals surface area contributed by atoms with Crippen LogP contribution in [0.5, 0.6) is 0 Å². The zero-order valence-corrected chi connectivity index (χ0v) is 14.5. The van der Waals surface area contributed by atoms with Gasteiger partial charge in [-0.15, -0.1) is 0 Å². The Morgan fingerprint density at radius 3 is 2.83 bits per heavy atom. The Labute approximate surface area is 146 Å². The number of carbonyl (C=O) groups excluding carboxylic acids is 2. The molecule has 0 spiro atoms. The number of hydrogen-bond acceptors (Lipinski definition) is 4. The van der Waals surface area contributed by atoms with Crippen molar-refractivity contribution in [3.63, 3.8) is 0 Å². The minimum Gasteiger partial charge on any atom is -0.361 e. The van der Waals surface area contributed by atoms with Crippen LogP contribution in [-0.2, 0) is 16.0 Å². The van der Waals surface area contributed by atoms with Gasteiger partial charge in [-0.05, 0) is 39.0 Å². The summed E-state index contributed by atoms with van der Waals surface area (Å²) in [5.41, 5.74) is 1.35. The van der Waals surface area contributed by atoms with Gasteiger partial charge < -0.3 is 15.2 Å². The third-order valence-electron chi connectivity index (χ3n) is 4.36. The van der Waals surface area contributed by atoms with E-state index < -0.39 is 0 Å². The molecule has 2 amide bonds. The van der Waals surface area contributed by atoms with Crippen molar-refractivity contribution in [1.29, 1.82) is 0 Å². The summed E-state index contributed by atoms with van der Waals surface area (Å²) in [5.74, 6) is 1.20. The molecule has 2 aliphatic carbocycles. The first-order chi connectivity index (χ1) is 11.5. The molecule has 6 nitrogen and oxygen atoms in total. The zero-order chi connectivity index (χ0) is 17.1. The second-order valence-corrected chi connectivity index (χ2v) is 7.02. The van der Waals surface area contributed by atoms with Crippen LogP contribution in [0.3, 0.4) is 0 Å². The lowest BCUT2D eigenvalue weighted by Crippen LogP contribution is -2.37. The molecule has 0 bridgehead atoms. The third-order valence-corrected chi connectivity index (χ3v) is 4.78. The van der Waals surface area contributed by atoms with Crippen LogP contribution in [0.4, 0.5) is 0 Å². The molecule has 7 heteroatoms. The molecule has 1 aromatic rings. The highest BCUT2D eigenvalue weighted by molar-refractivity contribution is 6.33. The second-order valence-electron chi connectivity index (χ2n) is 6.57. The molecule has 1 heterocycles. The molecular weight excluding hydrogens is 330 g/mol. The highest BCUT2D eigenvalue weighted by Crippen LogP contribution is 2.40. The van der Waals surface area contributed by atoms with Crippen LogP contribution in [0, 0.1) is 0 Å².